The highest BCUT2D eigenvalue weighted by atomic mass is 19.4. The first-order chi connectivity index (χ1) is 10.7. The number of rotatable bonds is 4. The molecule has 0 saturated heterocycles. The molecule has 5 aliphatic rings. The van der Waals surface area contributed by atoms with Crippen LogP contribution in [0, 0.1) is 28.6 Å². The van der Waals surface area contributed by atoms with E-state index in [1.54, 1.807) is 0 Å². The van der Waals surface area contributed by atoms with E-state index in [1.807, 2.05) is 0 Å². The third-order valence-electron chi connectivity index (χ3n) is 6.87. The molecule has 3 unspecified atom stereocenters. The van der Waals surface area contributed by atoms with Crippen LogP contribution >= 0.6 is 0 Å². The Morgan fingerprint density at radius 3 is 2.30 bits per heavy atom. The van der Waals surface area contributed by atoms with Crippen molar-refractivity contribution in [3.8, 4) is 0 Å². The molecule has 6 heteroatoms. The number of alkyl halides is 3. The molecular formula is C17H25F3N2O. The largest absolute Gasteiger partial charge is 0.394 e. The number of hydrogen-bond donors (Lipinski definition) is 2. The quantitative estimate of drug-likeness (QED) is 0.832. The van der Waals surface area contributed by atoms with E-state index in [1.165, 1.54) is 0 Å². The molecule has 130 valence electrons. The molecule has 5 saturated carbocycles. The molecule has 3 atom stereocenters. The summed E-state index contributed by atoms with van der Waals surface area (Å²) in [6.07, 6.45) is 0.577. The van der Waals surface area contributed by atoms with Crippen LogP contribution in [0.4, 0.5) is 13.2 Å². The lowest BCUT2D eigenvalue weighted by Gasteiger charge is -2.61. The van der Waals surface area contributed by atoms with Gasteiger partial charge in [0.05, 0.1) is 10.8 Å². The number of carbonyl (C=O) groups excluding carboxylic acids is 1. The molecule has 5 aliphatic carbocycles. The number of amides is 1. The minimum absolute atomic E-state index is 0.0129. The van der Waals surface area contributed by atoms with Gasteiger partial charge in [-0.1, -0.05) is 0 Å². The molecular weight excluding hydrogens is 305 g/mol. The van der Waals surface area contributed by atoms with Crippen LogP contribution in [0.5, 0.6) is 0 Å². The van der Waals surface area contributed by atoms with Crippen molar-refractivity contribution in [1.29, 1.82) is 0 Å². The number of hydrogen-bond acceptors (Lipinski definition) is 2. The van der Waals surface area contributed by atoms with Gasteiger partial charge in [0.15, 0.2) is 0 Å². The van der Waals surface area contributed by atoms with Crippen molar-refractivity contribution >= 4 is 5.91 Å². The maximum Gasteiger partial charge on any atom is 0.394 e. The maximum absolute atomic E-state index is 13.7. The molecule has 0 spiro atoms. The molecule has 3 nitrogen and oxygen atoms in total. The molecule has 4 bridgehead atoms. The lowest BCUT2D eigenvalue weighted by atomic mass is 9.43. The average molecular weight is 330 g/mol. The Morgan fingerprint density at radius 2 is 1.78 bits per heavy atom. The maximum atomic E-state index is 13.7. The van der Waals surface area contributed by atoms with Crippen LogP contribution in [0.3, 0.4) is 0 Å². The Morgan fingerprint density at radius 1 is 1.17 bits per heavy atom. The van der Waals surface area contributed by atoms with Gasteiger partial charge in [-0.05, 0) is 69.1 Å². The summed E-state index contributed by atoms with van der Waals surface area (Å²) in [7, 11) is 0. The zero-order valence-electron chi connectivity index (χ0n) is 13.3. The Kier molecular flexibility index (Phi) is 3.33. The number of nitrogens with one attached hydrogen (secondary N) is 1. The van der Waals surface area contributed by atoms with Crippen LogP contribution in [-0.4, -0.2) is 24.7 Å². The van der Waals surface area contributed by atoms with E-state index in [0.717, 1.165) is 19.3 Å². The van der Waals surface area contributed by atoms with Crippen molar-refractivity contribution in [3.63, 3.8) is 0 Å². The van der Waals surface area contributed by atoms with Crippen molar-refractivity contribution in [2.45, 2.75) is 63.6 Å². The fourth-order valence-corrected chi connectivity index (χ4v) is 5.95. The number of nitrogens with two attached hydrogens (primary N) is 1. The second kappa shape index (κ2) is 4.87. The van der Waals surface area contributed by atoms with E-state index in [9.17, 15) is 18.0 Å². The summed E-state index contributed by atoms with van der Waals surface area (Å²) < 4.78 is 41.1. The molecule has 5 rings (SSSR count). The minimum Gasteiger partial charge on any atom is -0.354 e. The third kappa shape index (κ3) is 2.48. The smallest absolute Gasteiger partial charge is 0.354 e. The second-order valence-corrected chi connectivity index (χ2v) is 8.73. The molecule has 0 aromatic heterocycles. The highest BCUT2D eigenvalue weighted by molar-refractivity contribution is 5.83. The zero-order valence-corrected chi connectivity index (χ0v) is 13.3. The highest BCUT2D eigenvalue weighted by Gasteiger charge is 2.68. The number of carbonyl (C=O) groups is 1. The topological polar surface area (TPSA) is 55.1 Å². The summed E-state index contributed by atoms with van der Waals surface area (Å²) >= 11 is 0. The molecule has 1 amide bonds. The molecule has 0 aromatic carbocycles. The van der Waals surface area contributed by atoms with Gasteiger partial charge in [-0.25, -0.2) is 0 Å². The van der Waals surface area contributed by atoms with Gasteiger partial charge in [-0.2, -0.15) is 13.2 Å². The fraction of sp³-hybridized carbons (Fsp3) is 0.941. The van der Waals surface area contributed by atoms with Gasteiger partial charge in [0.1, 0.15) is 0 Å². The zero-order chi connectivity index (χ0) is 16.5. The molecule has 0 heterocycles. The van der Waals surface area contributed by atoms with E-state index in [0.29, 0.717) is 25.3 Å². The van der Waals surface area contributed by atoms with E-state index < -0.39 is 17.0 Å². The normalized spacial score (nSPS) is 43.5. The van der Waals surface area contributed by atoms with Crippen LogP contribution in [-0.2, 0) is 4.79 Å². The van der Waals surface area contributed by atoms with Crippen molar-refractivity contribution < 1.29 is 18.0 Å². The predicted molar refractivity (Wildman–Crippen MR) is 79.3 cm³/mol. The molecule has 0 aliphatic heterocycles. The van der Waals surface area contributed by atoms with Crippen LogP contribution in [0.25, 0.3) is 0 Å². The van der Waals surface area contributed by atoms with Crippen LogP contribution in [0.2, 0.25) is 0 Å². The summed E-state index contributed by atoms with van der Waals surface area (Å²) in [5.74, 6) is 0.422. The van der Waals surface area contributed by atoms with Crippen molar-refractivity contribution in [1.82, 2.24) is 5.32 Å². The Hall–Kier alpha value is -0.780. The summed E-state index contributed by atoms with van der Waals surface area (Å²) in [4.78, 5) is 12.8. The summed E-state index contributed by atoms with van der Waals surface area (Å²) in [5.41, 5.74) is 3.60. The van der Waals surface area contributed by atoms with Gasteiger partial charge < -0.3 is 11.1 Å². The first-order valence-corrected chi connectivity index (χ1v) is 8.84. The Balaban J connectivity index is 1.52. The van der Waals surface area contributed by atoms with Gasteiger partial charge in [0, 0.05) is 12.6 Å². The van der Waals surface area contributed by atoms with Gasteiger partial charge >= 0.3 is 6.18 Å². The molecule has 5 fully saturated rings. The van der Waals surface area contributed by atoms with Crippen LogP contribution in [0.15, 0.2) is 0 Å². The third-order valence-corrected chi connectivity index (χ3v) is 6.87. The van der Waals surface area contributed by atoms with Crippen molar-refractivity contribution in [3.05, 3.63) is 0 Å². The van der Waals surface area contributed by atoms with E-state index in [4.69, 9.17) is 5.73 Å². The lowest BCUT2D eigenvalue weighted by molar-refractivity contribution is -0.283. The van der Waals surface area contributed by atoms with Crippen LogP contribution < -0.4 is 11.1 Å². The fourth-order valence-electron chi connectivity index (χ4n) is 5.95. The first kappa shape index (κ1) is 15.7. The van der Waals surface area contributed by atoms with Gasteiger partial charge in [0.2, 0.25) is 5.91 Å². The number of halogens is 3. The van der Waals surface area contributed by atoms with E-state index in [-0.39, 0.29) is 43.0 Å². The summed E-state index contributed by atoms with van der Waals surface area (Å²) in [6.45, 7) is 0.402. The first-order valence-electron chi connectivity index (χ1n) is 8.84. The Bertz CT molecular complexity index is 500. The average Bonchev–Trinajstić information content (AvgIpc) is 3.26. The SMILES string of the molecule is NC(CNC(=O)C12CC3CC(C1)CC(C(F)(F)F)(C3)C2)C1CC1. The minimum atomic E-state index is -4.19. The highest BCUT2D eigenvalue weighted by Crippen LogP contribution is 2.69. The Labute approximate surface area is 134 Å². The van der Waals surface area contributed by atoms with Gasteiger partial charge in [0.25, 0.3) is 0 Å². The lowest BCUT2D eigenvalue weighted by Crippen LogP contribution is -2.61. The molecule has 23 heavy (non-hydrogen) atoms. The van der Waals surface area contributed by atoms with E-state index in [2.05, 4.69) is 5.32 Å². The monoisotopic (exact) mass is 330 g/mol. The van der Waals surface area contributed by atoms with Crippen LogP contribution in [0.1, 0.15) is 51.4 Å². The van der Waals surface area contributed by atoms with Crippen molar-refractivity contribution in [2.75, 3.05) is 6.54 Å². The van der Waals surface area contributed by atoms with Crippen molar-refractivity contribution in [2.24, 2.45) is 34.3 Å². The standard InChI is InChI=1S/C17H25F3N2O/c18-17(19,20)16-6-10-3-11(7-16)5-15(4-10,9-16)14(23)22-8-13(21)12-1-2-12/h10-13H,1-9,21H2,(H,22,23). The van der Waals surface area contributed by atoms with Gasteiger partial charge in [-0.15, -0.1) is 0 Å². The molecule has 0 radical (unpaired) electrons. The molecule has 0 aromatic rings. The summed E-state index contributed by atoms with van der Waals surface area (Å²) in [5, 5.41) is 2.90. The predicted octanol–water partition coefficient (Wildman–Crippen LogP) is 2.99. The van der Waals surface area contributed by atoms with E-state index >= 15 is 0 Å². The summed E-state index contributed by atoms with van der Waals surface area (Å²) in [6, 6.07) is -0.0514. The van der Waals surface area contributed by atoms with Gasteiger partial charge in [-0.3, -0.25) is 4.79 Å². The second-order valence-electron chi connectivity index (χ2n) is 8.73. The molecule has 3 N–H and O–H groups in total.